The van der Waals surface area contributed by atoms with E-state index in [2.05, 4.69) is 13.2 Å². The Hall–Kier alpha value is -4.69. The maximum atomic E-state index is 12.7. The number of benzene rings is 3. The molecule has 1 atom stereocenters. The quantitative estimate of drug-likeness (QED) is 0.170. The largest absolute Gasteiger partial charge is 0.490 e. The number of carbonyl (C=O) groups excluding carboxylic acids is 3. The molecular formula is C31H28O8. The third-order valence-electron chi connectivity index (χ3n) is 6.19. The Morgan fingerprint density at radius 2 is 1.36 bits per heavy atom. The minimum absolute atomic E-state index is 0.0259. The van der Waals surface area contributed by atoms with Crippen LogP contribution in [0.2, 0.25) is 0 Å². The van der Waals surface area contributed by atoms with E-state index in [1.807, 2.05) is 25.1 Å². The Labute approximate surface area is 226 Å². The molecule has 0 spiro atoms. The molecule has 4 rings (SSSR count). The molecular weight excluding hydrogens is 500 g/mol. The zero-order valence-corrected chi connectivity index (χ0v) is 21.7. The van der Waals surface area contributed by atoms with Crippen molar-refractivity contribution in [2.45, 2.75) is 19.8 Å². The van der Waals surface area contributed by atoms with Gasteiger partial charge in [0.15, 0.2) is 0 Å². The lowest BCUT2D eigenvalue weighted by molar-refractivity contribution is -0.139. The van der Waals surface area contributed by atoms with Gasteiger partial charge in [-0.2, -0.15) is 0 Å². The van der Waals surface area contributed by atoms with Crippen LogP contribution in [0.5, 0.6) is 17.2 Å². The summed E-state index contributed by atoms with van der Waals surface area (Å²) in [4.78, 5) is 36.1. The molecule has 0 bridgehead atoms. The molecule has 1 aliphatic rings. The highest BCUT2D eigenvalue weighted by molar-refractivity contribution is 5.92. The Balaban J connectivity index is 1.38. The molecule has 200 valence electrons. The number of hydrogen-bond acceptors (Lipinski definition) is 8. The molecule has 3 aromatic carbocycles. The first kappa shape index (κ1) is 27.3. The molecule has 1 aliphatic carbocycles. The average molecular weight is 529 g/mol. The SMILES string of the molecule is C=C(C)C(=O)OCCOc1ccc(C(=O)Oc2ccc3c(c2)C(C)c2cc(OC(=O)C(=C)CO)ccc2-3)cc1. The van der Waals surface area contributed by atoms with Gasteiger partial charge in [-0.15, -0.1) is 0 Å². The number of ether oxygens (including phenoxy) is 4. The molecule has 0 fully saturated rings. The number of carbonyl (C=O) groups is 3. The van der Waals surface area contributed by atoms with E-state index in [0.717, 1.165) is 22.3 Å². The van der Waals surface area contributed by atoms with Crippen LogP contribution in [-0.4, -0.2) is 42.8 Å². The first-order valence-corrected chi connectivity index (χ1v) is 12.2. The molecule has 3 aromatic rings. The van der Waals surface area contributed by atoms with Gasteiger partial charge in [0.05, 0.1) is 17.7 Å². The van der Waals surface area contributed by atoms with Crippen LogP contribution in [0, 0.1) is 0 Å². The van der Waals surface area contributed by atoms with E-state index in [1.165, 1.54) is 0 Å². The lowest BCUT2D eigenvalue weighted by atomic mass is 9.99. The van der Waals surface area contributed by atoms with E-state index >= 15 is 0 Å². The minimum atomic E-state index is -0.682. The summed E-state index contributed by atoms with van der Waals surface area (Å²) in [5.74, 6) is -0.411. The number of esters is 3. The van der Waals surface area contributed by atoms with Gasteiger partial charge in [-0.1, -0.05) is 32.2 Å². The lowest BCUT2D eigenvalue weighted by Crippen LogP contribution is -2.13. The lowest BCUT2D eigenvalue weighted by Gasteiger charge is -2.11. The monoisotopic (exact) mass is 528 g/mol. The van der Waals surface area contributed by atoms with E-state index in [-0.39, 0.29) is 24.7 Å². The summed E-state index contributed by atoms with van der Waals surface area (Å²) in [7, 11) is 0. The van der Waals surface area contributed by atoms with Gasteiger partial charge in [-0.25, -0.2) is 14.4 Å². The molecule has 1 unspecified atom stereocenters. The Morgan fingerprint density at radius 1 is 0.795 bits per heavy atom. The van der Waals surface area contributed by atoms with E-state index in [1.54, 1.807) is 49.4 Å². The summed E-state index contributed by atoms with van der Waals surface area (Å²) in [6, 6.07) is 17.3. The van der Waals surface area contributed by atoms with Crippen LogP contribution in [0.1, 0.15) is 41.3 Å². The van der Waals surface area contributed by atoms with Crippen LogP contribution in [0.25, 0.3) is 11.1 Å². The van der Waals surface area contributed by atoms with Gasteiger partial charge < -0.3 is 24.1 Å². The number of aliphatic hydroxyl groups is 1. The van der Waals surface area contributed by atoms with E-state index in [0.29, 0.717) is 28.4 Å². The highest BCUT2D eigenvalue weighted by atomic mass is 16.6. The van der Waals surface area contributed by atoms with Crippen LogP contribution in [0.3, 0.4) is 0 Å². The fourth-order valence-corrected chi connectivity index (χ4v) is 4.10. The molecule has 0 heterocycles. The van der Waals surface area contributed by atoms with Gasteiger partial charge in [0.2, 0.25) is 0 Å². The van der Waals surface area contributed by atoms with Crippen LogP contribution in [-0.2, 0) is 14.3 Å². The molecule has 0 saturated heterocycles. The predicted molar refractivity (Wildman–Crippen MR) is 144 cm³/mol. The summed E-state index contributed by atoms with van der Waals surface area (Å²) >= 11 is 0. The zero-order valence-electron chi connectivity index (χ0n) is 21.7. The van der Waals surface area contributed by atoms with Gasteiger partial charge in [0.1, 0.15) is 30.5 Å². The van der Waals surface area contributed by atoms with Gasteiger partial charge in [0.25, 0.3) is 0 Å². The normalized spacial score (nSPS) is 13.1. The third kappa shape index (κ3) is 6.25. The summed E-state index contributed by atoms with van der Waals surface area (Å²) in [5.41, 5.74) is 4.60. The highest BCUT2D eigenvalue weighted by Gasteiger charge is 2.27. The van der Waals surface area contributed by atoms with E-state index in [4.69, 9.17) is 24.1 Å². The van der Waals surface area contributed by atoms with Crippen molar-refractivity contribution < 1.29 is 38.4 Å². The number of fused-ring (bicyclic) bond motifs is 3. The van der Waals surface area contributed by atoms with E-state index in [9.17, 15) is 14.4 Å². The van der Waals surface area contributed by atoms with E-state index < -0.39 is 24.5 Å². The number of hydrogen-bond donors (Lipinski definition) is 1. The molecule has 8 nitrogen and oxygen atoms in total. The Kier molecular flexibility index (Phi) is 8.27. The standard InChI is InChI=1S/C31H28O8/c1-18(2)29(33)37-14-13-36-22-7-5-21(6-8-22)31(35)39-24-10-12-26-25-11-9-23(38-30(34)19(3)17-32)15-27(25)20(4)28(26)16-24/h5-12,15-16,20,32H,1,3,13-14,17H2,2,4H3. The molecule has 0 radical (unpaired) electrons. The summed E-state index contributed by atoms with van der Waals surface area (Å²) in [6.07, 6.45) is 0. The fraction of sp³-hybridized carbons (Fsp3) is 0.194. The van der Waals surface area contributed by atoms with Gasteiger partial charge in [-0.05, 0) is 77.7 Å². The van der Waals surface area contributed by atoms with Crippen molar-refractivity contribution in [2.75, 3.05) is 19.8 Å². The topological polar surface area (TPSA) is 108 Å². The predicted octanol–water partition coefficient (Wildman–Crippen LogP) is 4.99. The second-order valence-electron chi connectivity index (χ2n) is 9.05. The fourth-order valence-electron chi connectivity index (χ4n) is 4.10. The van der Waals surface area contributed by atoms with Crippen LogP contribution in [0.4, 0.5) is 0 Å². The summed E-state index contributed by atoms with van der Waals surface area (Å²) in [5, 5.41) is 9.08. The smallest absolute Gasteiger partial charge is 0.343 e. The maximum Gasteiger partial charge on any atom is 0.343 e. The van der Waals surface area contributed by atoms with Gasteiger partial charge >= 0.3 is 17.9 Å². The highest BCUT2D eigenvalue weighted by Crippen LogP contribution is 2.47. The Morgan fingerprint density at radius 3 is 1.92 bits per heavy atom. The van der Waals surface area contributed by atoms with Crippen molar-refractivity contribution in [2.24, 2.45) is 0 Å². The van der Waals surface area contributed by atoms with Crippen molar-refractivity contribution in [3.05, 3.63) is 102 Å². The van der Waals surface area contributed by atoms with Crippen molar-refractivity contribution in [1.29, 1.82) is 0 Å². The zero-order chi connectivity index (χ0) is 28.1. The third-order valence-corrected chi connectivity index (χ3v) is 6.19. The van der Waals surface area contributed by atoms with Gasteiger partial charge in [-0.3, -0.25) is 0 Å². The van der Waals surface area contributed by atoms with Crippen molar-refractivity contribution >= 4 is 17.9 Å². The Bertz CT molecular complexity index is 1450. The summed E-state index contributed by atoms with van der Waals surface area (Å²) < 4.78 is 21.5. The first-order valence-electron chi connectivity index (χ1n) is 12.2. The number of aliphatic hydroxyl groups excluding tert-OH is 1. The van der Waals surface area contributed by atoms with Crippen LogP contribution < -0.4 is 14.2 Å². The summed E-state index contributed by atoms with van der Waals surface area (Å²) in [6.45, 7) is 10.4. The molecule has 0 saturated carbocycles. The van der Waals surface area contributed by atoms with Crippen LogP contribution in [0.15, 0.2) is 85.0 Å². The van der Waals surface area contributed by atoms with Crippen molar-refractivity contribution in [3.8, 4) is 28.4 Å². The average Bonchev–Trinajstić information content (AvgIpc) is 3.21. The molecule has 39 heavy (non-hydrogen) atoms. The maximum absolute atomic E-state index is 12.7. The van der Waals surface area contributed by atoms with Gasteiger partial charge in [0, 0.05) is 11.5 Å². The molecule has 0 aromatic heterocycles. The molecule has 1 N–H and O–H groups in total. The molecule has 0 amide bonds. The minimum Gasteiger partial charge on any atom is -0.490 e. The number of rotatable bonds is 10. The second kappa shape index (κ2) is 11.8. The molecule has 8 heteroatoms. The van der Waals surface area contributed by atoms with Crippen molar-refractivity contribution in [1.82, 2.24) is 0 Å². The molecule has 0 aliphatic heterocycles. The van der Waals surface area contributed by atoms with Crippen molar-refractivity contribution in [3.63, 3.8) is 0 Å². The first-order chi connectivity index (χ1) is 18.7. The second-order valence-corrected chi connectivity index (χ2v) is 9.05. The van der Waals surface area contributed by atoms with Crippen LogP contribution >= 0.6 is 0 Å².